The molecule has 2 rings (SSSR count). The van der Waals surface area contributed by atoms with E-state index in [0.29, 0.717) is 21.1 Å². The second kappa shape index (κ2) is 5.60. The van der Waals surface area contributed by atoms with Crippen LogP contribution in [0.2, 0.25) is 5.02 Å². The van der Waals surface area contributed by atoms with Gasteiger partial charge >= 0.3 is 0 Å². The van der Waals surface area contributed by atoms with Crippen LogP contribution in [0, 0.1) is 5.92 Å². The van der Waals surface area contributed by atoms with Crippen molar-refractivity contribution in [2.24, 2.45) is 5.92 Å². The van der Waals surface area contributed by atoms with Crippen LogP contribution in [-0.4, -0.2) is 14.5 Å². The van der Waals surface area contributed by atoms with Crippen molar-refractivity contribution in [3.8, 4) is 0 Å². The molecule has 0 spiro atoms. The van der Waals surface area contributed by atoms with E-state index in [1.54, 1.807) is 0 Å². The molecule has 1 unspecified atom stereocenters. The van der Waals surface area contributed by atoms with Crippen LogP contribution in [0.1, 0.15) is 26.2 Å². The van der Waals surface area contributed by atoms with Gasteiger partial charge in [0.25, 0.3) is 0 Å². The number of sulfonamides is 1. The molecule has 3 N–H and O–H groups in total. The summed E-state index contributed by atoms with van der Waals surface area (Å²) in [5.74, 6) is 0.658. The van der Waals surface area contributed by atoms with Gasteiger partial charge in [0.1, 0.15) is 0 Å². The summed E-state index contributed by atoms with van der Waals surface area (Å²) in [6, 6.07) is 2.82. The fourth-order valence-electron chi connectivity index (χ4n) is 2.01. The molecule has 1 fully saturated rings. The van der Waals surface area contributed by atoms with Crippen LogP contribution in [0.25, 0.3) is 0 Å². The molecule has 106 valence electrons. The fourth-order valence-corrected chi connectivity index (χ4v) is 4.56. The lowest BCUT2D eigenvalue weighted by Gasteiger charge is -2.15. The number of anilines is 1. The number of hydrogen-bond acceptors (Lipinski definition) is 3. The van der Waals surface area contributed by atoms with Crippen molar-refractivity contribution in [2.75, 3.05) is 5.73 Å². The summed E-state index contributed by atoms with van der Waals surface area (Å²) in [5.41, 5.74) is 6.02. The van der Waals surface area contributed by atoms with Crippen LogP contribution in [0.15, 0.2) is 21.5 Å². The van der Waals surface area contributed by atoms with E-state index in [2.05, 4.69) is 20.7 Å². The minimum Gasteiger partial charge on any atom is -0.398 e. The highest BCUT2D eigenvalue weighted by atomic mass is 79.9. The van der Waals surface area contributed by atoms with Gasteiger partial charge < -0.3 is 5.73 Å². The normalized spacial score (nSPS) is 17.4. The molecule has 19 heavy (non-hydrogen) atoms. The van der Waals surface area contributed by atoms with Gasteiger partial charge in [-0.2, -0.15) is 0 Å². The van der Waals surface area contributed by atoms with Crippen LogP contribution in [0.4, 0.5) is 5.69 Å². The van der Waals surface area contributed by atoms with Crippen molar-refractivity contribution in [3.63, 3.8) is 0 Å². The van der Waals surface area contributed by atoms with Gasteiger partial charge in [0, 0.05) is 16.8 Å². The summed E-state index contributed by atoms with van der Waals surface area (Å²) in [6.45, 7) is 1.87. The van der Waals surface area contributed by atoms with Crippen LogP contribution in [0.3, 0.4) is 0 Å². The maximum atomic E-state index is 12.3. The summed E-state index contributed by atoms with van der Waals surface area (Å²) >= 11 is 9.07. The third-order valence-corrected chi connectivity index (χ3v) is 6.04. The Kier molecular flexibility index (Phi) is 4.45. The molecule has 0 aliphatic heterocycles. The maximum absolute atomic E-state index is 12.3. The number of nitrogens with two attached hydrogens (primary N) is 1. The lowest BCUT2D eigenvalue weighted by Crippen LogP contribution is -2.33. The van der Waals surface area contributed by atoms with Gasteiger partial charge in [0.2, 0.25) is 10.0 Å². The average Bonchev–Trinajstić information content (AvgIpc) is 3.05. The highest BCUT2D eigenvalue weighted by molar-refractivity contribution is 9.10. The average molecular weight is 368 g/mol. The predicted octanol–water partition coefficient (Wildman–Crippen LogP) is 3.15. The first-order valence-electron chi connectivity index (χ1n) is 6.06. The second-order valence-corrected chi connectivity index (χ2v) is 7.92. The topological polar surface area (TPSA) is 72.2 Å². The summed E-state index contributed by atoms with van der Waals surface area (Å²) in [7, 11) is -3.61. The molecular weight excluding hydrogens is 352 g/mol. The number of benzene rings is 1. The van der Waals surface area contributed by atoms with Gasteiger partial charge in [-0.1, -0.05) is 24.4 Å². The minimum absolute atomic E-state index is 0.0835. The molecule has 4 nitrogen and oxygen atoms in total. The molecule has 1 atom stereocenters. The third kappa shape index (κ3) is 3.84. The van der Waals surface area contributed by atoms with Crippen LogP contribution < -0.4 is 10.5 Å². The Morgan fingerprint density at radius 3 is 2.74 bits per heavy atom. The predicted molar refractivity (Wildman–Crippen MR) is 80.7 cm³/mol. The number of nitrogen functional groups attached to an aromatic ring is 1. The monoisotopic (exact) mass is 366 g/mol. The highest BCUT2D eigenvalue weighted by Gasteiger charge is 2.27. The fraction of sp³-hybridized carbons (Fsp3) is 0.500. The standard InChI is InChI=1S/C12H16BrClN2O2S/c1-7(4-8-2-3-8)16-19(17,18)11-6-9(14)5-10(15)12(11)13/h5-8,16H,2-4,15H2,1H3. The van der Waals surface area contributed by atoms with Gasteiger partial charge in [-0.05, 0) is 47.3 Å². The molecule has 0 bridgehead atoms. The van der Waals surface area contributed by atoms with E-state index in [9.17, 15) is 8.42 Å². The molecule has 1 aliphatic carbocycles. The van der Waals surface area contributed by atoms with E-state index in [-0.39, 0.29) is 10.9 Å². The van der Waals surface area contributed by atoms with Crippen molar-refractivity contribution in [1.29, 1.82) is 0 Å². The van der Waals surface area contributed by atoms with Crippen molar-refractivity contribution >= 4 is 43.2 Å². The Morgan fingerprint density at radius 2 is 2.16 bits per heavy atom. The van der Waals surface area contributed by atoms with E-state index in [4.69, 9.17) is 17.3 Å². The molecule has 1 saturated carbocycles. The summed E-state index contributed by atoms with van der Waals surface area (Å²) in [4.78, 5) is 0.0835. The molecule has 0 heterocycles. The first kappa shape index (κ1) is 15.1. The zero-order chi connectivity index (χ0) is 14.2. The molecule has 0 amide bonds. The smallest absolute Gasteiger partial charge is 0.242 e. The molecule has 1 aromatic rings. The van der Waals surface area contributed by atoms with Gasteiger partial charge in [-0.15, -0.1) is 0 Å². The number of rotatable bonds is 5. The minimum atomic E-state index is -3.61. The first-order valence-corrected chi connectivity index (χ1v) is 8.72. The van der Waals surface area contributed by atoms with E-state index in [1.807, 2.05) is 6.92 Å². The van der Waals surface area contributed by atoms with E-state index >= 15 is 0 Å². The van der Waals surface area contributed by atoms with Gasteiger partial charge in [0.15, 0.2) is 0 Å². The Balaban J connectivity index is 2.23. The summed E-state index contributed by atoms with van der Waals surface area (Å²) in [5, 5.41) is 0.302. The summed E-state index contributed by atoms with van der Waals surface area (Å²) < 4.78 is 27.6. The van der Waals surface area contributed by atoms with Crippen LogP contribution in [0.5, 0.6) is 0 Å². The first-order chi connectivity index (χ1) is 8.79. The Hall–Kier alpha value is -0.300. The van der Waals surface area contributed by atoms with E-state index in [1.165, 1.54) is 25.0 Å². The zero-order valence-electron chi connectivity index (χ0n) is 10.5. The Labute approximate surface area is 126 Å². The molecule has 0 radical (unpaired) electrons. The molecule has 0 aromatic heterocycles. The Bertz CT molecular complexity index is 588. The number of halogens is 2. The Morgan fingerprint density at radius 1 is 1.53 bits per heavy atom. The van der Waals surface area contributed by atoms with Crippen LogP contribution in [-0.2, 0) is 10.0 Å². The van der Waals surface area contributed by atoms with Gasteiger partial charge in [-0.25, -0.2) is 13.1 Å². The molecule has 1 aromatic carbocycles. The quantitative estimate of drug-likeness (QED) is 0.785. The lowest BCUT2D eigenvalue weighted by molar-refractivity contribution is 0.529. The molecular formula is C12H16BrClN2O2S. The lowest BCUT2D eigenvalue weighted by atomic mass is 10.2. The summed E-state index contributed by atoms with van der Waals surface area (Å²) in [6.07, 6.45) is 3.26. The zero-order valence-corrected chi connectivity index (χ0v) is 13.6. The number of hydrogen-bond donors (Lipinski definition) is 2. The largest absolute Gasteiger partial charge is 0.398 e. The van der Waals surface area contributed by atoms with Crippen LogP contribution >= 0.6 is 27.5 Å². The number of nitrogens with one attached hydrogen (secondary N) is 1. The molecule has 0 saturated heterocycles. The van der Waals surface area contributed by atoms with Gasteiger partial charge in [0.05, 0.1) is 9.37 Å². The molecule has 1 aliphatic rings. The third-order valence-electron chi connectivity index (χ3n) is 3.06. The second-order valence-electron chi connectivity index (χ2n) is 5.01. The van der Waals surface area contributed by atoms with Gasteiger partial charge in [-0.3, -0.25) is 0 Å². The van der Waals surface area contributed by atoms with Crippen molar-refractivity contribution in [2.45, 2.75) is 37.1 Å². The SMILES string of the molecule is CC(CC1CC1)NS(=O)(=O)c1cc(Cl)cc(N)c1Br. The van der Waals surface area contributed by atoms with Crippen molar-refractivity contribution in [1.82, 2.24) is 4.72 Å². The van der Waals surface area contributed by atoms with E-state index in [0.717, 1.165) is 6.42 Å². The molecule has 7 heteroatoms. The highest BCUT2D eigenvalue weighted by Crippen LogP contribution is 2.35. The van der Waals surface area contributed by atoms with E-state index < -0.39 is 10.0 Å². The van der Waals surface area contributed by atoms with Crippen molar-refractivity contribution in [3.05, 3.63) is 21.6 Å². The van der Waals surface area contributed by atoms with Crippen molar-refractivity contribution < 1.29 is 8.42 Å². The maximum Gasteiger partial charge on any atom is 0.242 e.